The fraction of sp³-hybridized carbons (Fsp3) is 0. The Morgan fingerprint density at radius 3 is 1.20 bits per heavy atom. The average molecular weight is 325 g/mol. The van der Waals surface area contributed by atoms with Gasteiger partial charge in [0.2, 0.25) is 0 Å². The molecule has 0 unspecified atom stereocenters. The van der Waals surface area contributed by atoms with Gasteiger partial charge in [-0.15, -0.1) is 0 Å². The molecular weight excluding hydrogens is 306 g/mol. The Bertz CT molecular complexity index is 773. The van der Waals surface area contributed by atoms with Gasteiger partial charge in [0.15, 0.2) is 0 Å². The Labute approximate surface area is 148 Å². The van der Waals surface area contributed by atoms with Crippen LogP contribution in [0, 0.1) is 0 Å². The lowest BCUT2D eigenvalue weighted by atomic mass is 10.2. The third-order valence-electron chi connectivity index (χ3n) is 3.43. The summed E-state index contributed by atoms with van der Waals surface area (Å²) in [6.45, 7) is 0. The summed E-state index contributed by atoms with van der Waals surface area (Å²) in [5.41, 5.74) is 4.07. The van der Waals surface area contributed by atoms with Crippen LogP contribution in [-0.2, 0) is 0 Å². The van der Waals surface area contributed by atoms with Crippen molar-refractivity contribution in [2.45, 2.75) is 0 Å². The number of rotatable bonds is 3. The molecule has 0 saturated carbocycles. The molecule has 0 amide bonds. The van der Waals surface area contributed by atoms with Crippen LogP contribution < -0.4 is 5.32 Å². The first-order chi connectivity index (χ1) is 12.4. The molecule has 0 aliphatic heterocycles. The quantitative estimate of drug-likeness (QED) is 0.535. The molecular formula is C22H19N3. The first kappa shape index (κ1) is 16.4. The number of aromatic nitrogens is 2. The van der Waals surface area contributed by atoms with Crippen molar-refractivity contribution in [1.82, 2.24) is 9.97 Å². The Morgan fingerprint density at radius 1 is 0.440 bits per heavy atom. The number of pyridine rings is 2. The summed E-state index contributed by atoms with van der Waals surface area (Å²) in [6.07, 6.45) is 3.54. The van der Waals surface area contributed by atoms with Gasteiger partial charge in [0.25, 0.3) is 0 Å². The maximum Gasteiger partial charge on any atom is 0.0886 e. The zero-order valence-electron chi connectivity index (χ0n) is 13.8. The molecule has 2 heterocycles. The van der Waals surface area contributed by atoms with Crippen molar-refractivity contribution in [3.05, 3.63) is 109 Å². The first-order valence-corrected chi connectivity index (χ1v) is 8.11. The van der Waals surface area contributed by atoms with Gasteiger partial charge in [-0.25, -0.2) is 0 Å². The Kier molecular flexibility index (Phi) is 5.90. The predicted octanol–water partition coefficient (Wildman–Crippen LogP) is 5.57. The van der Waals surface area contributed by atoms with E-state index in [1.54, 1.807) is 12.4 Å². The third-order valence-corrected chi connectivity index (χ3v) is 3.43. The van der Waals surface area contributed by atoms with Crippen LogP contribution in [0.4, 0.5) is 11.4 Å². The van der Waals surface area contributed by atoms with Crippen LogP contribution in [0.1, 0.15) is 0 Å². The van der Waals surface area contributed by atoms with E-state index in [1.165, 1.54) is 0 Å². The smallest absolute Gasteiger partial charge is 0.0886 e. The summed E-state index contributed by atoms with van der Waals surface area (Å²) in [5, 5.41) is 3.30. The van der Waals surface area contributed by atoms with Gasteiger partial charge < -0.3 is 5.32 Å². The largest absolute Gasteiger partial charge is 0.356 e. The van der Waals surface area contributed by atoms with Gasteiger partial charge in [-0.05, 0) is 48.5 Å². The van der Waals surface area contributed by atoms with Crippen LogP contribution in [-0.4, -0.2) is 9.97 Å². The van der Waals surface area contributed by atoms with E-state index in [2.05, 4.69) is 15.3 Å². The van der Waals surface area contributed by atoms with Crippen molar-refractivity contribution >= 4 is 11.4 Å². The van der Waals surface area contributed by atoms with Crippen molar-refractivity contribution in [2.24, 2.45) is 0 Å². The van der Waals surface area contributed by atoms with E-state index in [-0.39, 0.29) is 0 Å². The van der Waals surface area contributed by atoms with E-state index in [1.807, 2.05) is 97.1 Å². The molecule has 2 aromatic carbocycles. The second-order valence-corrected chi connectivity index (χ2v) is 5.29. The molecule has 0 fully saturated rings. The zero-order chi connectivity index (χ0) is 17.2. The Hall–Kier alpha value is -3.46. The molecule has 4 rings (SSSR count). The molecule has 3 heteroatoms. The fourth-order valence-corrected chi connectivity index (χ4v) is 2.24. The van der Waals surface area contributed by atoms with Crippen LogP contribution in [0.15, 0.2) is 109 Å². The summed E-state index contributed by atoms with van der Waals surface area (Å²) >= 11 is 0. The monoisotopic (exact) mass is 325 g/mol. The summed E-state index contributed by atoms with van der Waals surface area (Å²) in [4.78, 5) is 8.37. The molecule has 2 aromatic heterocycles. The molecule has 1 N–H and O–H groups in total. The zero-order valence-corrected chi connectivity index (χ0v) is 13.8. The number of hydrogen-bond donors (Lipinski definition) is 1. The number of nitrogens with one attached hydrogen (secondary N) is 1. The van der Waals surface area contributed by atoms with E-state index in [9.17, 15) is 0 Å². The van der Waals surface area contributed by atoms with E-state index < -0.39 is 0 Å². The molecule has 25 heavy (non-hydrogen) atoms. The molecule has 4 aromatic rings. The van der Waals surface area contributed by atoms with E-state index in [4.69, 9.17) is 0 Å². The molecule has 3 nitrogen and oxygen atoms in total. The Balaban J connectivity index is 0.000000146. The summed E-state index contributed by atoms with van der Waals surface area (Å²) in [7, 11) is 0. The highest BCUT2D eigenvalue weighted by Gasteiger charge is 1.95. The SMILES string of the molecule is c1ccc(-c2ccccn2)nc1.c1ccc(Nc2ccccc2)cc1. The molecule has 122 valence electrons. The van der Waals surface area contributed by atoms with Crippen molar-refractivity contribution in [3.8, 4) is 11.4 Å². The highest BCUT2D eigenvalue weighted by molar-refractivity contribution is 5.58. The van der Waals surface area contributed by atoms with E-state index >= 15 is 0 Å². The van der Waals surface area contributed by atoms with E-state index in [0.29, 0.717) is 0 Å². The number of benzene rings is 2. The standard InChI is InChI=1S/C12H11N.C10H8N2/c1-3-7-11(8-4-1)13-12-9-5-2-6-10-12;1-3-7-11-9(5-1)10-6-2-4-8-12-10/h1-10,13H;1-8H. The minimum atomic E-state index is 0.915. The van der Waals surface area contributed by atoms with Crippen molar-refractivity contribution in [1.29, 1.82) is 0 Å². The van der Waals surface area contributed by atoms with E-state index in [0.717, 1.165) is 22.8 Å². The number of anilines is 2. The van der Waals surface area contributed by atoms with Gasteiger partial charge in [-0.3, -0.25) is 9.97 Å². The van der Waals surface area contributed by atoms with Crippen molar-refractivity contribution < 1.29 is 0 Å². The van der Waals surface area contributed by atoms with Crippen molar-refractivity contribution in [2.75, 3.05) is 5.32 Å². The number of para-hydroxylation sites is 2. The molecule has 0 spiro atoms. The van der Waals surface area contributed by atoms with Gasteiger partial charge in [-0.1, -0.05) is 48.5 Å². The van der Waals surface area contributed by atoms with Crippen LogP contribution in [0.3, 0.4) is 0 Å². The Morgan fingerprint density at radius 2 is 0.840 bits per heavy atom. The first-order valence-electron chi connectivity index (χ1n) is 8.11. The molecule has 0 aliphatic carbocycles. The van der Waals surface area contributed by atoms with Gasteiger partial charge in [0.05, 0.1) is 11.4 Å². The average Bonchev–Trinajstić information content (AvgIpc) is 2.71. The van der Waals surface area contributed by atoms with Gasteiger partial charge >= 0.3 is 0 Å². The molecule has 0 bridgehead atoms. The summed E-state index contributed by atoms with van der Waals surface area (Å²) in [6, 6.07) is 31.9. The van der Waals surface area contributed by atoms with Crippen LogP contribution in [0.2, 0.25) is 0 Å². The molecule has 0 radical (unpaired) electrons. The van der Waals surface area contributed by atoms with Gasteiger partial charge in [-0.2, -0.15) is 0 Å². The van der Waals surface area contributed by atoms with Crippen LogP contribution >= 0.6 is 0 Å². The normalized spacial score (nSPS) is 9.60. The molecule has 0 saturated heterocycles. The highest BCUT2D eigenvalue weighted by Crippen LogP contribution is 2.14. The summed E-state index contributed by atoms with van der Waals surface area (Å²) < 4.78 is 0. The second kappa shape index (κ2) is 8.99. The van der Waals surface area contributed by atoms with Crippen LogP contribution in [0.5, 0.6) is 0 Å². The molecule has 0 atom stereocenters. The van der Waals surface area contributed by atoms with Gasteiger partial charge in [0, 0.05) is 23.8 Å². The second-order valence-electron chi connectivity index (χ2n) is 5.29. The maximum atomic E-state index is 4.19. The lowest BCUT2D eigenvalue weighted by Gasteiger charge is -2.04. The van der Waals surface area contributed by atoms with Crippen LogP contribution in [0.25, 0.3) is 11.4 Å². The minimum Gasteiger partial charge on any atom is -0.356 e. The predicted molar refractivity (Wildman–Crippen MR) is 104 cm³/mol. The highest BCUT2D eigenvalue weighted by atomic mass is 14.9. The summed E-state index contributed by atoms with van der Waals surface area (Å²) in [5.74, 6) is 0. The minimum absolute atomic E-state index is 0.915. The number of hydrogen-bond acceptors (Lipinski definition) is 3. The molecule has 0 aliphatic rings. The third kappa shape index (κ3) is 5.29. The lowest BCUT2D eigenvalue weighted by molar-refractivity contribution is 1.25. The fourth-order valence-electron chi connectivity index (χ4n) is 2.24. The lowest BCUT2D eigenvalue weighted by Crippen LogP contribution is -1.87. The van der Waals surface area contributed by atoms with Gasteiger partial charge in [0.1, 0.15) is 0 Å². The number of nitrogens with zero attached hydrogens (tertiary/aromatic N) is 2. The maximum absolute atomic E-state index is 4.19. The van der Waals surface area contributed by atoms with Crippen molar-refractivity contribution in [3.63, 3.8) is 0 Å². The topological polar surface area (TPSA) is 37.8 Å².